The molecule has 1 fully saturated rings. The van der Waals surface area contributed by atoms with Crippen molar-refractivity contribution >= 4 is 11.7 Å². The lowest BCUT2D eigenvalue weighted by atomic mass is 9.94. The number of nitrogens with one attached hydrogen (secondary N) is 1. The van der Waals surface area contributed by atoms with Gasteiger partial charge in [0.25, 0.3) is 0 Å². The van der Waals surface area contributed by atoms with Gasteiger partial charge < -0.3 is 9.88 Å². The highest BCUT2D eigenvalue weighted by Crippen LogP contribution is 2.27. The molecule has 1 aliphatic carbocycles. The number of nitrogens with zero attached hydrogens (tertiary/aromatic N) is 3. The summed E-state index contributed by atoms with van der Waals surface area (Å²) in [5, 5.41) is 12.7. The van der Waals surface area contributed by atoms with Crippen molar-refractivity contribution in [2.75, 3.05) is 18.9 Å². The topological polar surface area (TPSA) is 61.1 Å². The number of carbonyl (C=O) groups excluding carboxylic acids is 1. The average molecular weight is 379 g/mol. The number of aromatic nitrogens is 1. The van der Waals surface area contributed by atoms with E-state index in [2.05, 4.69) is 28.4 Å². The van der Waals surface area contributed by atoms with Crippen molar-refractivity contribution in [1.82, 2.24) is 9.47 Å². The van der Waals surface area contributed by atoms with Gasteiger partial charge in [-0.15, -0.1) is 0 Å². The van der Waals surface area contributed by atoms with E-state index in [4.69, 9.17) is 0 Å². The third-order valence-corrected chi connectivity index (χ3v) is 5.97. The molecule has 148 valence electrons. The van der Waals surface area contributed by atoms with Crippen molar-refractivity contribution in [2.45, 2.75) is 58.5 Å². The number of carbonyl (C=O) groups is 1. The molecular formula is C23H30N4O. The molecular weight excluding hydrogens is 348 g/mol. The van der Waals surface area contributed by atoms with Gasteiger partial charge in [-0.2, -0.15) is 5.26 Å². The maximum Gasteiger partial charge on any atom is 0.239 e. The van der Waals surface area contributed by atoms with Crippen molar-refractivity contribution in [3.05, 3.63) is 52.7 Å². The van der Waals surface area contributed by atoms with Crippen LogP contribution in [0.2, 0.25) is 0 Å². The highest BCUT2D eigenvalue weighted by Gasteiger charge is 2.23. The van der Waals surface area contributed by atoms with E-state index in [9.17, 15) is 10.1 Å². The summed E-state index contributed by atoms with van der Waals surface area (Å²) >= 11 is 0. The number of rotatable bonds is 6. The third-order valence-electron chi connectivity index (χ3n) is 5.97. The van der Waals surface area contributed by atoms with Crippen LogP contribution in [0.5, 0.6) is 0 Å². The van der Waals surface area contributed by atoms with E-state index in [1.807, 2.05) is 43.7 Å². The Balaban J connectivity index is 1.79. The van der Waals surface area contributed by atoms with Crippen molar-refractivity contribution in [2.24, 2.45) is 0 Å². The Labute approximate surface area is 168 Å². The number of benzene rings is 1. The summed E-state index contributed by atoms with van der Waals surface area (Å²) in [4.78, 5) is 14.9. The maximum absolute atomic E-state index is 12.8. The third kappa shape index (κ3) is 4.45. The molecule has 0 bridgehead atoms. The Bertz CT molecular complexity index is 857. The van der Waals surface area contributed by atoms with Crippen molar-refractivity contribution in [3.8, 4) is 6.07 Å². The maximum atomic E-state index is 12.8. The van der Waals surface area contributed by atoms with Gasteiger partial charge in [0.2, 0.25) is 5.91 Å². The Kier molecular flexibility index (Phi) is 6.53. The quantitative estimate of drug-likeness (QED) is 0.818. The molecule has 0 saturated heterocycles. The van der Waals surface area contributed by atoms with Crippen LogP contribution >= 0.6 is 0 Å². The largest absolute Gasteiger partial charge is 0.326 e. The minimum atomic E-state index is -0.0589. The van der Waals surface area contributed by atoms with Crippen LogP contribution in [0.15, 0.2) is 30.3 Å². The van der Waals surface area contributed by atoms with E-state index in [1.54, 1.807) is 0 Å². The summed E-state index contributed by atoms with van der Waals surface area (Å²) in [6.07, 6.45) is 6.11. The van der Waals surface area contributed by atoms with Crippen molar-refractivity contribution < 1.29 is 4.79 Å². The Morgan fingerprint density at radius 1 is 1.21 bits per heavy atom. The molecule has 1 aliphatic rings. The highest BCUT2D eigenvalue weighted by molar-refractivity contribution is 5.93. The first kappa shape index (κ1) is 20.2. The van der Waals surface area contributed by atoms with E-state index in [1.165, 1.54) is 19.3 Å². The van der Waals surface area contributed by atoms with Gasteiger partial charge in [0.15, 0.2) is 0 Å². The van der Waals surface area contributed by atoms with Crippen LogP contribution < -0.4 is 5.32 Å². The molecule has 0 aliphatic heterocycles. The second-order valence-electron chi connectivity index (χ2n) is 7.87. The number of likely N-dealkylation sites (N-methyl/N-ethyl adjacent to an activating group) is 1. The fourth-order valence-electron chi connectivity index (χ4n) is 4.14. The smallest absolute Gasteiger partial charge is 0.239 e. The van der Waals surface area contributed by atoms with Crippen LogP contribution in [0.3, 0.4) is 0 Å². The summed E-state index contributed by atoms with van der Waals surface area (Å²) in [6, 6.07) is 12.9. The van der Waals surface area contributed by atoms with Gasteiger partial charge in [-0.05, 0) is 44.9 Å². The molecule has 5 nitrogen and oxygen atoms in total. The fourth-order valence-corrected chi connectivity index (χ4v) is 4.14. The van der Waals surface area contributed by atoms with Gasteiger partial charge in [0.05, 0.1) is 12.1 Å². The van der Waals surface area contributed by atoms with E-state index < -0.39 is 0 Å². The van der Waals surface area contributed by atoms with E-state index >= 15 is 0 Å². The second kappa shape index (κ2) is 9.07. The normalized spacial score (nSPS) is 14.8. The highest BCUT2D eigenvalue weighted by atomic mass is 16.2. The number of nitriles is 1. The molecule has 1 aromatic carbocycles. The molecule has 3 rings (SSSR count). The molecule has 28 heavy (non-hydrogen) atoms. The Hall–Kier alpha value is -2.58. The van der Waals surface area contributed by atoms with Gasteiger partial charge in [0.1, 0.15) is 11.9 Å². The van der Waals surface area contributed by atoms with Crippen LogP contribution in [0, 0.1) is 25.2 Å². The Morgan fingerprint density at radius 3 is 2.54 bits per heavy atom. The molecule has 0 radical (unpaired) electrons. The van der Waals surface area contributed by atoms with Crippen LogP contribution in [0.4, 0.5) is 5.82 Å². The number of anilines is 1. The van der Waals surface area contributed by atoms with Gasteiger partial charge in [0, 0.05) is 18.3 Å². The fraction of sp³-hybridized carbons (Fsp3) is 0.478. The molecule has 1 aromatic heterocycles. The monoisotopic (exact) mass is 378 g/mol. The van der Waals surface area contributed by atoms with Gasteiger partial charge in [-0.25, -0.2) is 0 Å². The molecule has 1 heterocycles. The lowest BCUT2D eigenvalue weighted by Crippen LogP contribution is -2.39. The van der Waals surface area contributed by atoms with Crippen LogP contribution in [0.25, 0.3) is 0 Å². The zero-order valence-electron chi connectivity index (χ0n) is 17.2. The predicted molar refractivity (Wildman–Crippen MR) is 112 cm³/mol. The van der Waals surface area contributed by atoms with Gasteiger partial charge >= 0.3 is 0 Å². The minimum absolute atomic E-state index is 0.0589. The van der Waals surface area contributed by atoms with E-state index in [-0.39, 0.29) is 5.91 Å². The first-order valence-corrected chi connectivity index (χ1v) is 10.1. The number of hydrogen-bond acceptors (Lipinski definition) is 3. The molecule has 1 saturated carbocycles. The van der Waals surface area contributed by atoms with Gasteiger partial charge in [-0.1, -0.05) is 49.6 Å². The van der Waals surface area contributed by atoms with Crippen LogP contribution in [-0.2, 0) is 11.3 Å². The first-order chi connectivity index (χ1) is 13.5. The SMILES string of the molecule is Cc1c(C#N)c(NC(=O)CN(C)C2CCCCC2)n(Cc2ccccc2)c1C. The average Bonchev–Trinajstić information content (AvgIpc) is 2.93. The summed E-state index contributed by atoms with van der Waals surface area (Å²) in [7, 11) is 2.03. The minimum Gasteiger partial charge on any atom is -0.326 e. The van der Waals surface area contributed by atoms with E-state index in [0.717, 1.165) is 29.7 Å². The van der Waals surface area contributed by atoms with Crippen molar-refractivity contribution in [1.29, 1.82) is 5.26 Å². The molecule has 1 amide bonds. The number of amides is 1. The molecule has 0 unspecified atom stereocenters. The lowest BCUT2D eigenvalue weighted by Gasteiger charge is -2.30. The molecule has 0 atom stereocenters. The summed E-state index contributed by atoms with van der Waals surface area (Å²) in [5.41, 5.74) is 3.63. The summed E-state index contributed by atoms with van der Waals surface area (Å²) in [5.74, 6) is 0.555. The van der Waals surface area contributed by atoms with Gasteiger partial charge in [-0.3, -0.25) is 9.69 Å². The predicted octanol–water partition coefficient (Wildman–Crippen LogP) is 4.23. The first-order valence-electron chi connectivity index (χ1n) is 10.1. The lowest BCUT2D eigenvalue weighted by molar-refractivity contribution is -0.117. The van der Waals surface area contributed by atoms with Crippen LogP contribution in [0.1, 0.15) is 54.5 Å². The standard InChI is InChI=1S/C23H30N4O/c1-17-18(2)27(15-19-10-6-4-7-11-19)23(21(17)14-24)25-22(28)16-26(3)20-12-8-5-9-13-20/h4,6-7,10-11,20H,5,8-9,12-13,15-16H2,1-3H3,(H,25,28). The van der Waals surface area contributed by atoms with Crippen LogP contribution in [-0.4, -0.2) is 35.0 Å². The van der Waals surface area contributed by atoms with Crippen molar-refractivity contribution in [3.63, 3.8) is 0 Å². The zero-order chi connectivity index (χ0) is 20.1. The molecule has 0 spiro atoms. The molecule has 2 aromatic rings. The molecule has 5 heteroatoms. The van der Waals surface area contributed by atoms with E-state index in [0.29, 0.717) is 30.5 Å². The zero-order valence-corrected chi connectivity index (χ0v) is 17.2. The second-order valence-corrected chi connectivity index (χ2v) is 7.87. The summed E-state index contributed by atoms with van der Waals surface area (Å²) < 4.78 is 2.04. The molecule has 1 N–H and O–H groups in total. The summed E-state index contributed by atoms with van der Waals surface area (Å²) in [6.45, 7) is 4.93. The Morgan fingerprint density at radius 2 is 1.89 bits per heavy atom. The number of hydrogen-bond donors (Lipinski definition) is 1.